The topological polar surface area (TPSA) is 55.1 Å². The number of hydrogen-bond acceptors (Lipinski definition) is 3. The van der Waals surface area contributed by atoms with Crippen molar-refractivity contribution in [3.05, 3.63) is 17.7 Å². The van der Waals surface area contributed by atoms with Gasteiger partial charge < -0.3 is 9.67 Å². The molecule has 4 nitrogen and oxygen atoms in total. The lowest BCUT2D eigenvalue weighted by Gasteiger charge is -2.22. The zero-order chi connectivity index (χ0) is 12.5. The number of thioether (sulfide) groups is 1. The van der Waals surface area contributed by atoms with Gasteiger partial charge in [-0.1, -0.05) is 0 Å². The van der Waals surface area contributed by atoms with Gasteiger partial charge in [0.2, 0.25) is 0 Å². The summed E-state index contributed by atoms with van der Waals surface area (Å²) in [6, 6.07) is 0. The molecule has 2 atom stereocenters. The van der Waals surface area contributed by atoms with Gasteiger partial charge in [-0.05, 0) is 36.7 Å². The van der Waals surface area contributed by atoms with Crippen LogP contribution < -0.4 is 0 Å². The molecule has 0 saturated carbocycles. The van der Waals surface area contributed by atoms with Gasteiger partial charge >= 0.3 is 5.97 Å². The zero-order valence-corrected chi connectivity index (χ0v) is 11.2. The first-order valence-electron chi connectivity index (χ1n) is 6.60. The van der Waals surface area contributed by atoms with Gasteiger partial charge in [-0.2, -0.15) is 11.8 Å². The third-order valence-electron chi connectivity index (χ3n) is 3.99. The normalized spacial score (nSPS) is 27.1. The standard InChI is InChI=1S/C13H18N2O2S/c16-13(17)10-2-1-4-15-11(10)7-14-12(15)6-9-3-5-18-8-9/h7,9-10H,1-6,8H2,(H,16,17). The number of aliphatic carboxylic acids is 1. The largest absolute Gasteiger partial charge is 0.481 e. The molecule has 0 radical (unpaired) electrons. The molecule has 1 aromatic heterocycles. The van der Waals surface area contributed by atoms with Gasteiger partial charge in [0.1, 0.15) is 5.82 Å². The monoisotopic (exact) mass is 266 g/mol. The van der Waals surface area contributed by atoms with Crippen LogP contribution >= 0.6 is 11.8 Å². The van der Waals surface area contributed by atoms with E-state index in [1.54, 1.807) is 6.20 Å². The summed E-state index contributed by atoms with van der Waals surface area (Å²) in [5.41, 5.74) is 0.911. The third-order valence-corrected chi connectivity index (χ3v) is 5.23. The Morgan fingerprint density at radius 1 is 1.56 bits per heavy atom. The highest BCUT2D eigenvalue weighted by Crippen LogP contribution is 2.31. The second kappa shape index (κ2) is 4.96. The van der Waals surface area contributed by atoms with E-state index < -0.39 is 5.97 Å². The van der Waals surface area contributed by atoms with Crippen molar-refractivity contribution in [3.8, 4) is 0 Å². The number of carboxylic acids is 1. The molecule has 0 aliphatic carbocycles. The van der Waals surface area contributed by atoms with Crippen LogP contribution in [0.5, 0.6) is 0 Å². The van der Waals surface area contributed by atoms with Crippen LogP contribution in [0.15, 0.2) is 6.20 Å². The third kappa shape index (κ3) is 2.16. The van der Waals surface area contributed by atoms with Crippen LogP contribution in [0.25, 0.3) is 0 Å². The van der Waals surface area contributed by atoms with E-state index in [9.17, 15) is 9.90 Å². The Morgan fingerprint density at radius 2 is 2.44 bits per heavy atom. The first-order chi connectivity index (χ1) is 8.75. The molecule has 98 valence electrons. The minimum absolute atomic E-state index is 0.349. The van der Waals surface area contributed by atoms with E-state index in [-0.39, 0.29) is 5.92 Å². The van der Waals surface area contributed by atoms with Gasteiger partial charge in [-0.15, -0.1) is 0 Å². The molecule has 1 saturated heterocycles. The number of carbonyl (C=O) groups is 1. The molecular formula is C13H18N2O2S. The predicted molar refractivity (Wildman–Crippen MR) is 71.0 cm³/mol. The molecule has 1 N–H and O–H groups in total. The van der Waals surface area contributed by atoms with Crippen LogP contribution in [-0.4, -0.2) is 32.1 Å². The van der Waals surface area contributed by atoms with Gasteiger partial charge in [0, 0.05) is 19.2 Å². The van der Waals surface area contributed by atoms with Gasteiger partial charge in [-0.25, -0.2) is 4.98 Å². The Labute approximate surface area is 111 Å². The van der Waals surface area contributed by atoms with Crippen LogP contribution in [0.4, 0.5) is 0 Å². The first kappa shape index (κ1) is 12.1. The van der Waals surface area contributed by atoms with Crippen molar-refractivity contribution in [3.63, 3.8) is 0 Å². The summed E-state index contributed by atoms with van der Waals surface area (Å²) < 4.78 is 2.16. The summed E-state index contributed by atoms with van der Waals surface area (Å²) in [4.78, 5) is 15.7. The molecule has 18 heavy (non-hydrogen) atoms. The highest BCUT2D eigenvalue weighted by Gasteiger charge is 2.29. The number of nitrogens with zero attached hydrogens (tertiary/aromatic N) is 2. The van der Waals surface area contributed by atoms with Gasteiger partial charge in [0.15, 0.2) is 0 Å². The molecule has 2 unspecified atom stereocenters. The number of imidazole rings is 1. The Kier molecular flexibility index (Phi) is 3.33. The molecule has 5 heteroatoms. The smallest absolute Gasteiger partial charge is 0.312 e. The van der Waals surface area contributed by atoms with Gasteiger partial charge in [0.25, 0.3) is 0 Å². The molecule has 0 amide bonds. The number of aromatic nitrogens is 2. The molecule has 2 aliphatic rings. The molecule has 1 fully saturated rings. The van der Waals surface area contributed by atoms with Crippen molar-refractivity contribution < 1.29 is 9.90 Å². The average molecular weight is 266 g/mol. The number of fused-ring (bicyclic) bond motifs is 1. The molecule has 0 spiro atoms. The average Bonchev–Trinajstić information content (AvgIpc) is 2.99. The molecule has 3 heterocycles. The van der Waals surface area contributed by atoms with E-state index >= 15 is 0 Å². The minimum Gasteiger partial charge on any atom is -0.481 e. The Balaban J connectivity index is 1.82. The maximum absolute atomic E-state index is 11.2. The van der Waals surface area contributed by atoms with Crippen molar-refractivity contribution in [1.82, 2.24) is 9.55 Å². The summed E-state index contributed by atoms with van der Waals surface area (Å²) in [6.07, 6.45) is 5.77. The van der Waals surface area contributed by atoms with Crippen LogP contribution in [0.3, 0.4) is 0 Å². The number of hydrogen-bond donors (Lipinski definition) is 1. The molecule has 0 bridgehead atoms. The van der Waals surface area contributed by atoms with E-state index in [1.807, 2.05) is 11.8 Å². The van der Waals surface area contributed by atoms with Crippen molar-refractivity contribution in [2.24, 2.45) is 5.92 Å². The maximum atomic E-state index is 11.2. The van der Waals surface area contributed by atoms with Gasteiger partial charge in [0.05, 0.1) is 11.6 Å². The van der Waals surface area contributed by atoms with E-state index in [4.69, 9.17) is 0 Å². The highest BCUT2D eigenvalue weighted by molar-refractivity contribution is 7.99. The SMILES string of the molecule is O=C(O)C1CCCn2c1cnc2CC1CCSC1. The Bertz CT molecular complexity index is 452. The lowest BCUT2D eigenvalue weighted by molar-refractivity contribution is -0.139. The van der Waals surface area contributed by atoms with Crippen molar-refractivity contribution in [2.75, 3.05) is 11.5 Å². The maximum Gasteiger partial charge on any atom is 0.312 e. The van der Waals surface area contributed by atoms with Crippen molar-refractivity contribution >= 4 is 17.7 Å². The van der Waals surface area contributed by atoms with Crippen LogP contribution in [0, 0.1) is 5.92 Å². The molecular weight excluding hydrogens is 248 g/mol. The zero-order valence-electron chi connectivity index (χ0n) is 10.3. The first-order valence-corrected chi connectivity index (χ1v) is 7.76. The van der Waals surface area contributed by atoms with Crippen LogP contribution in [-0.2, 0) is 17.8 Å². The van der Waals surface area contributed by atoms with Crippen molar-refractivity contribution in [1.29, 1.82) is 0 Å². The van der Waals surface area contributed by atoms with E-state index in [0.29, 0.717) is 0 Å². The number of carboxylic acid groups (broad SMARTS) is 1. The van der Waals surface area contributed by atoms with E-state index in [1.165, 1.54) is 17.9 Å². The quantitative estimate of drug-likeness (QED) is 0.910. The highest BCUT2D eigenvalue weighted by atomic mass is 32.2. The fourth-order valence-corrected chi connectivity index (χ4v) is 4.27. The minimum atomic E-state index is -0.709. The Morgan fingerprint density at radius 3 is 3.17 bits per heavy atom. The summed E-state index contributed by atoms with van der Waals surface area (Å²) in [7, 11) is 0. The molecule has 0 aromatic carbocycles. The predicted octanol–water partition coefficient (Wildman–Crippen LogP) is 2.14. The summed E-state index contributed by atoms with van der Waals surface area (Å²) in [6.45, 7) is 0.939. The summed E-state index contributed by atoms with van der Waals surface area (Å²) >= 11 is 2.02. The fourth-order valence-electron chi connectivity index (χ4n) is 2.98. The molecule has 3 rings (SSSR count). The van der Waals surface area contributed by atoms with Crippen molar-refractivity contribution in [2.45, 2.75) is 38.1 Å². The summed E-state index contributed by atoms with van der Waals surface area (Å²) in [5.74, 6) is 3.26. The lowest BCUT2D eigenvalue weighted by atomic mass is 9.96. The van der Waals surface area contributed by atoms with Gasteiger partial charge in [-0.3, -0.25) is 4.79 Å². The second-order valence-electron chi connectivity index (χ2n) is 5.22. The van der Waals surface area contributed by atoms with Crippen LogP contribution in [0.1, 0.15) is 36.7 Å². The number of rotatable bonds is 3. The van der Waals surface area contributed by atoms with E-state index in [2.05, 4.69) is 9.55 Å². The lowest BCUT2D eigenvalue weighted by Crippen LogP contribution is -2.23. The molecule has 2 aliphatic heterocycles. The second-order valence-corrected chi connectivity index (χ2v) is 6.37. The van der Waals surface area contributed by atoms with E-state index in [0.717, 1.165) is 43.2 Å². The Hall–Kier alpha value is -0.970. The van der Waals surface area contributed by atoms with Crippen LogP contribution in [0.2, 0.25) is 0 Å². The fraction of sp³-hybridized carbons (Fsp3) is 0.692. The molecule has 1 aromatic rings. The summed E-state index contributed by atoms with van der Waals surface area (Å²) in [5, 5.41) is 9.23.